The maximum absolute atomic E-state index is 11.8. The molecule has 18 heavy (non-hydrogen) atoms. The Labute approximate surface area is 120 Å². The summed E-state index contributed by atoms with van der Waals surface area (Å²) in [7, 11) is 0. The van der Waals surface area contributed by atoms with Gasteiger partial charge in [0, 0.05) is 13.1 Å². The topological polar surface area (TPSA) is 41.1 Å². The molecule has 1 amide bonds. The molecule has 1 aromatic rings. The molecule has 5 heteroatoms. The zero-order valence-corrected chi connectivity index (χ0v) is 12.3. The molecule has 0 saturated carbocycles. The van der Waals surface area contributed by atoms with Crippen LogP contribution >= 0.6 is 24.0 Å². The van der Waals surface area contributed by atoms with E-state index in [1.165, 1.54) is 0 Å². The number of nitrogens with one attached hydrogen (secondary N) is 2. The number of carbonyl (C=O) groups excluding carboxylic acids is 1. The van der Waals surface area contributed by atoms with Crippen molar-refractivity contribution in [2.75, 3.05) is 19.6 Å². The van der Waals surface area contributed by atoms with Gasteiger partial charge < -0.3 is 10.6 Å². The van der Waals surface area contributed by atoms with E-state index in [0.717, 1.165) is 25.1 Å². The van der Waals surface area contributed by atoms with Crippen LogP contribution in [0, 0.1) is 6.92 Å². The quantitative estimate of drug-likeness (QED) is 0.791. The molecule has 0 aliphatic carbocycles. The second kappa shape index (κ2) is 9.20. The van der Waals surface area contributed by atoms with Gasteiger partial charge in [0.25, 0.3) is 5.91 Å². The van der Waals surface area contributed by atoms with Gasteiger partial charge in [0.05, 0.1) is 10.6 Å². The Hall–Kier alpha value is -0.770. The summed E-state index contributed by atoms with van der Waals surface area (Å²) in [6, 6.07) is 5.44. The van der Waals surface area contributed by atoms with Crippen molar-refractivity contribution in [2.45, 2.75) is 20.3 Å². The maximum atomic E-state index is 11.8. The predicted octanol–water partition coefficient (Wildman–Crippen LogP) is 2.80. The van der Waals surface area contributed by atoms with E-state index in [-0.39, 0.29) is 18.3 Å². The van der Waals surface area contributed by atoms with Crippen LogP contribution in [0.4, 0.5) is 0 Å². The Bertz CT molecular complexity index is 383. The third kappa shape index (κ3) is 5.71. The Balaban J connectivity index is 0.00000289. The van der Waals surface area contributed by atoms with E-state index in [1.807, 2.05) is 13.0 Å². The summed E-state index contributed by atoms with van der Waals surface area (Å²) in [5, 5.41) is 6.55. The van der Waals surface area contributed by atoms with Gasteiger partial charge in [0.2, 0.25) is 0 Å². The van der Waals surface area contributed by atoms with Crippen LogP contribution in [0.2, 0.25) is 5.02 Å². The van der Waals surface area contributed by atoms with Crippen LogP contribution in [0.1, 0.15) is 29.3 Å². The van der Waals surface area contributed by atoms with Crippen molar-refractivity contribution in [2.24, 2.45) is 0 Å². The molecule has 102 valence electrons. The number of rotatable bonds is 6. The molecule has 2 N–H and O–H groups in total. The van der Waals surface area contributed by atoms with Crippen molar-refractivity contribution in [3.63, 3.8) is 0 Å². The Kier molecular flexibility index (Phi) is 8.81. The molecule has 0 unspecified atom stereocenters. The van der Waals surface area contributed by atoms with Crippen molar-refractivity contribution in [1.29, 1.82) is 0 Å². The zero-order chi connectivity index (χ0) is 12.7. The first-order valence-electron chi connectivity index (χ1n) is 5.90. The standard InChI is InChI=1S/C13H19ClN2O.ClH/c1-3-6-15-7-8-16-13(17)11-5-4-10(2)9-12(11)14;/h4-5,9,15H,3,6-8H2,1-2H3,(H,16,17);1H. The van der Waals surface area contributed by atoms with Gasteiger partial charge in [0.15, 0.2) is 0 Å². The lowest BCUT2D eigenvalue weighted by Crippen LogP contribution is -2.32. The molecule has 0 heterocycles. The van der Waals surface area contributed by atoms with Crippen molar-refractivity contribution < 1.29 is 4.79 Å². The lowest BCUT2D eigenvalue weighted by molar-refractivity contribution is 0.0954. The Morgan fingerprint density at radius 3 is 2.61 bits per heavy atom. The summed E-state index contributed by atoms with van der Waals surface area (Å²) in [4.78, 5) is 11.8. The first-order chi connectivity index (χ1) is 8.15. The molecule has 0 fully saturated rings. The zero-order valence-electron chi connectivity index (χ0n) is 10.8. The number of aryl methyl sites for hydroxylation is 1. The average Bonchev–Trinajstić information content (AvgIpc) is 2.28. The van der Waals surface area contributed by atoms with Crippen LogP contribution < -0.4 is 10.6 Å². The SMILES string of the molecule is CCCNCCNC(=O)c1ccc(C)cc1Cl.Cl. The van der Waals surface area contributed by atoms with E-state index >= 15 is 0 Å². The van der Waals surface area contributed by atoms with E-state index in [9.17, 15) is 4.79 Å². The molecule has 0 atom stereocenters. The molecule has 0 saturated heterocycles. The highest BCUT2D eigenvalue weighted by Crippen LogP contribution is 2.17. The van der Waals surface area contributed by atoms with Gasteiger partial charge in [-0.05, 0) is 37.6 Å². The van der Waals surface area contributed by atoms with Crippen molar-refractivity contribution in [3.8, 4) is 0 Å². The van der Waals surface area contributed by atoms with Crippen LogP contribution in [0.25, 0.3) is 0 Å². The van der Waals surface area contributed by atoms with Gasteiger partial charge in [-0.25, -0.2) is 0 Å². The fourth-order valence-corrected chi connectivity index (χ4v) is 1.79. The Morgan fingerprint density at radius 2 is 2.00 bits per heavy atom. The number of benzene rings is 1. The minimum Gasteiger partial charge on any atom is -0.351 e. The van der Waals surface area contributed by atoms with Gasteiger partial charge in [-0.15, -0.1) is 12.4 Å². The summed E-state index contributed by atoms with van der Waals surface area (Å²) >= 11 is 6.01. The molecule has 0 aromatic heterocycles. The van der Waals surface area contributed by atoms with E-state index < -0.39 is 0 Å². The highest BCUT2D eigenvalue weighted by atomic mass is 35.5. The van der Waals surface area contributed by atoms with Gasteiger partial charge in [0.1, 0.15) is 0 Å². The summed E-state index contributed by atoms with van der Waals surface area (Å²) in [6.07, 6.45) is 1.09. The summed E-state index contributed by atoms with van der Waals surface area (Å²) in [5.41, 5.74) is 1.59. The summed E-state index contributed by atoms with van der Waals surface area (Å²) < 4.78 is 0. The fraction of sp³-hybridized carbons (Fsp3) is 0.462. The average molecular weight is 291 g/mol. The molecular formula is C13H20Cl2N2O. The first kappa shape index (κ1) is 17.2. The van der Waals surface area contributed by atoms with E-state index in [4.69, 9.17) is 11.6 Å². The van der Waals surface area contributed by atoms with Crippen LogP contribution in [0.15, 0.2) is 18.2 Å². The van der Waals surface area contributed by atoms with E-state index in [1.54, 1.807) is 12.1 Å². The van der Waals surface area contributed by atoms with E-state index in [0.29, 0.717) is 17.1 Å². The largest absolute Gasteiger partial charge is 0.351 e. The molecule has 3 nitrogen and oxygen atoms in total. The van der Waals surface area contributed by atoms with Gasteiger partial charge in [-0.1, -0.05) is 24.6 Å². The van der Waals surface area contributed by atoms with Crippen LogP contribution in [-0.2, 0) is 0 Å². The van der Waals surface area contributed by atoms with Crippen LogP contribution in [0.3, 0.4) is 0 Å². The smallest absolute Gasteiger partial charge is 0.252 e. The van der Waals surface area contributed by atoms with Gasteiger partial charge in [-0.2, -0.15) is 0 Å². The number of amides is 1. The van der Waals surface area contributed by atoms with Crippen molar-refractivity contribution in [1.82, 2.24) is 10.6 Å². The lowest BCUT2D eigenvalue weighted by atomic mass is 10.1. The third-order valence-corrected chi connectivity index (χ3v) is 2.70. The Morgan fingerprint density at radius 1 is 1.28 bits per heavy atom. The number of hydrogen-bond acceptors (Lipinski definition) is 2. The predicted molar refractivity (Wildman–Crippen MR) is 78.9 cm³/mol. The van der Waals surface area contributed by atoms with E-state index in [2.05, 4.69) is 17.6 Å². The maximum Gasteiger partial charge on any atom is 0.252 e. The van der Waals surface area contributed by atoms with Crippen molar-refractivity contribution in [3.05, 3.63) is 34.3 Å². The second-order valence-corrected chi connectivity index (χ2v) is 4.40. The molecule has 0 aliphatic heterocycles. The first-order valence-corrected chi connectivity index (χ1v) is 6.28. The van der Waals surface area contributed by atoms with Crippen LogP contribution in [-0.4, -0.2) is 25.5 Å². The number of hydrogen-bond donors (Lipinski definition) is 2. The normalized spacial score (nSPS) is 9.72. The van der Waals surface area contributed by atoms with Gasteiger partial charge >= 0.3 is 0 Å². The third-order valence-electron chi connectivity index (χ3n) is 2.38. The molecule has 0 spiro atoms. The highest BCUT2D eigenvalue weighted by molar-refractivity contribution is 6.33. The fourth-order valence-electron chi connectivity index (χ4n) is 1.47. The van der Waals surface area contributed by atoms with Gasteiger partial charge in [-0.3, -0.25) is 4.79 Å². The molecule has 1 rings (SSSR count). The minimum atomic E-state index is -0.117. The summed E-state index contributed by atoms with van der Waals surface area (Å²) in [5.74, 6) is -0.117. The molecule has 1 aromatic carbocycles. The monoisotopic (exact) mass is 290 g/mol. The summed E-state index contributed by atoms with van der Waals surface area (Å²) in [6.45, 7) is 6.42. The minimum absolute atomic E-state index is 0. The number of carbonyl (C=O) groups is 1. The number of halogens is 2. The van der Waals surface area contributed by atoms with Crippen LogP contribution in [0.5, 0.6) is 0 Å². The molecule has 0 aliphatic rings. The molecule has 0 bridgehead atoms. The van der Waals surface area contributed by atoms with Crippen molar-refractivity contribution >= 4 is 29.9 Å². The highest BCUT2D eigenvalue weighted by Gasteiger charge is 2.08. The second-order valence-electron chi connectivity index (χ2n) is 3.99. The lowest BCUT2D eigenvalue weighted by Gasteiger charge is -2.07. The molecular weight excluding hydrogens is 271 g/mol. The molecule has 0 radical (unpaired) electrons.